The van der Waals surface area contributed by atoms with E-state index < -0.39 is 5.60 Å². The van der Waals surface area contributed by atoms with Gasteiger partial charge in [-0.2, -0.15) is 0 Å². The predicted octanol–water partition coefficient (Wildman–Crippen LogP) is 5.66. The lowest BCUT2D eigenvalue weighted by molar-refractivity contribution is -0.161. The van der Waals surface area contributed by atoms with Crippen LogP contribution in [-0.4, -0.2) is 17.5 Å². The molecule has 3 rings (SSSR count). The highest BCUT2D eigenvalue weighted by Gasteiger charge is 2.35. The van der Waals surface area contributed by atoms with Crippen LogP contribution in [-0.2, 0) is 20.9 Å². The topological polar surface area (TPSA) is 52.6 Å². The molecule has 4 heteroatoms. The van der Waals surface area contributed by atoms with Gasteiger partial charge in [-0.1, -0.05) is 55.3 Å². The number of carbonyl (C=O) groups is 2. The number of esters is 2. The summed E-state index contributed by atoms with van der Waals surface area (Å²) in [6.45, 7) is 5.96. The molecule has 0 saturated heterocycles. The van der Waals surface area contributed by atoms with E-state index in [9.17, 15) is 9.59 Å². The molecule has 0 amide bonds. The van der Waals surface area contributed by atoms with Crippen molar-refractivity contribution in [2.45, 2.75) is 64.6 Å². The van der Waals surface area contributed by atoms with E-state index >= 15 is 0 Å². The van der Waals surface area contributed by atoms with E-state index in [1.807, 2.05) is 63.2 Å². The van der Waals surface area contributed by atoms with Crippen LogP contribution in [0.2, 0.25) is 0 Å². The van der Waals surface area contributed by atoms with Crippen molar-refractivity contribution in [3.63, 3.8) is 0 Å². The third kappa shape index (κ3) is 5.93. The zero-order chi connectivity index (χ0) is 20.9. The Kier molecular flexibility index (Phi) is 6.73. The number of carbonyl (C=O) groups excluding carboxylic acids is 2. The zero-order valence-corrected chi connectivity index (χ0v) is 17.5. The molecule has 2 atom stereocenters. The molecular formula is C25H30O4. The number of hydrogen-bond donors (Lipinski definition) is 0. The molecule has 29 heavy (non-hydrogen) atoms. The van der Waals surface area contributed by atoms with Gasteiger partial charge in [0.25, 0.3) is 0 Å². The third-order valence-electron chi connectivity index (χ3n) is 5.26. The summed E-state index contributed by atoms with van der Waals surface area (Å²) in [5.41, 5.74) is 2.08. The number of ether oxygens (including phenoxy) is 2. The van der Waals surface area contributed by atoms with Gasteiger partial charge in [0.15, 0.2) is 0 Å². The van der Waals surface area contributed by atoms with Crippen LogP contribution in [0.4, 0.5) is 0 Å². The van der Waals surface area contributed by atoms with Crippen LogP contribution in [0.1, 0.15) is 73.9 Å². The van der Waals surface area contributed by atoms with Crippen LogP contribution in [0.25, 0.3) is 0 Å². The molecule has 1 fully saturated rings. The predicted molar refractivity (Wildman–Crippen MR) is 113 cm³/mol. The Morgan fingerprint density at radius 1 is 0.931 bits per heavy atom. The van der Waals surface area contributed by atoms with Crippen molar-refractivity contribution in [2.75, 3.05) is 0 Å². The van der Waals surface area contributed by atoms with Crippen molar-refractivity contribution in [3.05, 3.63) is 71.3 Å². The molecule has 0 aliphatic heterocycles. The van der Waals surface area contributed by atoms with E-state index in [1.54, 1.807) is 12.1 Å². The maximum Gasteiger partial charge on any atom is 0.338 e. The second-order valence-electron chi connectivity index (χ2n) is 8.71. The molecule has 4 nitrogen and oxygen atoms in total. The monoisotopic (exact) mass is 394 g/mol. The molecule has 0 bridgehead atoms. The fourth-order valence-corrected chi connectivity index (χ4v) is 3.86. The summed E-state index contributed by atoms with van der Waals surface area (Å²) < 4.78 is 11.1. The maximum absolute atomic E-state index is 12.7. The second-order valence-corrected chi connectivity index (χ2v) is 8.71. The zero-order valence-electron chi connectivity index (χ0n) is 17.5. The van der Waals surface area contributed by atoms with Gasteiger partial charge in [-0.25, -0.2) is 4.79 Å². The van der Waals surface area contributed by atoms with Gasteiger partial charge < -0.3 is 9.47 Å². The molecule has 154 valence electrons. The first-order chi connectivity index (χ1) is 13.8. The number of rotatable bonds is 5. The minimum absolute atomic E-state index is 0.117. The highest BCUT2D eigenvalue weighted by Crippen LogP contribution is 2.39. The number of benzene rings is 2. The second kappa shape index (κ2) is 9.25. The van der Waals surface area contributed by atoms with E-state index in [2.05, 4.69) is 0 Å². The molecule has 0 N–H and O–H groups in total. The van der Waals surface area contributed by atoms with E-state index in [0.29, 0.717) is 5.56 Å². The molecule has 2 aromatic rings. The van der Waals surface area contributed by atoms with Crippen LogP contribution >= 0.6 is 0 Å². The Morgan fingerprint density at radius 2 is 1.59 bits per heavy atom. The maximum atomic E-state index is 12.7. The molecule has 0 heterocycles. The molecule has 0 spiro atoms. The van der Waals surface area contributed by atoms with Crippen LogP contribution in [0, 0.1) is 5.92 Å². The summed E-state index contributed by atoms with van der Waals surface area (Å²) in [6.07, 6.45) is 3.96. The van der Waals surface area contributed by atoms with Crippen molar-refractivity contribution >= 4 is 11.9 Å². The van der Waals surface area contributed by atoms with Gasteiger partial charge in [0.1, 0.15) is 12.2 Å². The van der Waals surface area contributed by atoms with E-state index in [0.717, 1.165) is 36.8 Å². The van der Waals surface area contributed by atoms with Crippen LogP contribution in [0.15, 0.2) is 54.6 Å². The summed E-state index contributed by atoms with van der Waals surface area (Å²) in [6, 6.07) is 17.1. The van der Waals surface area contributed by atoms with Gasteiger partial charge in [-0.05, 0) is 62.8 Å². The Labute approximate surface area is 173 Å². The van der Waals surface area contributed by atoms with Crippen molar-refractivity contribution < 1.29 is 19.1 Å². The quantitative estimate of drug-likeness (QED) is 0.614. The Hall–Kier alpha value is -2.62. The molecule has 0 radical (unpaired) electrons. The summed E-state index contributed by atoms with van der Waals surface area (Å²) >= 11 is 0. The lowest BCUT2D eigenvalue weighted by Crippen LogP contribution is -2.33. The van der Waals surface area contributed by atoms with Crippen molar-refractivity contribution in [3.8, 4) is 0 Å². The highest BCUT2D eigenvalue weighted by atomic mass is 16.6. The van der Waals surface area contributed by atoms with Crippen LogP contribution < -0.4 is 0 Å². The molecule has 1 aliphatic carbocycles. The van der Waals surface area contributed by atoms with Crippen LogP contribution in [0.5, 0.6) is 0 Å². The minimum Gasteiger partial charge on any atom is -0.460 e. The standard InChI is InChI=1S/C25H30O4/c1-25(2,3)29-24(27)22-12-8-7-11-21(22)19-13-15-20(16-14-19)23(26)28-17-18-9-5-4-6-10-18/h4-6,9-10,13-16,21-22H,7-8,11-12,17H2,1-3H3/t21-,22-/m0/s1. The van der Waals surface area contributed by atoms with Gasteiger partial charge in [-0.3, -0.25) is 4.79 Å². The molecule has 0 unspecified atom stereocenters. The van der Waals surface area contributed by atoms with Crippen LogP contribution in [0.3, 0.4) is 0 Å². The first-order valence-electron chi connectivity index (χ1n) is 10.4. The van der Waals surface area contributed by atoms with E-state index in [1.165, 1.54) is 0 Å². The molecule has 1 aliphatic rings. The molecule has 2 aromatic carbocycles. The number of hydrogen-bond acceptors (Lipinski definition) is 4. The highest BCUT2D eigenvalue weighted by molar-refractivity contribution is 5.89. The summed E-state index contributed by atoms with van der Waals surface area (Å²) in [5.74, 6) is -0.451. The largest absolute Gasteiger partial charge is 0.460 e. The molecule has 1 saturated carbocycles. The average molecular weight is 395 g/mol. The normalized spacial score (nSPS) is 19.4. The van der Waals surface area contributed by atoms with E-state index in [4.69, 9.17) is 9.47 Å². The Balaban J connectivity index is 1.66. The summed E-state index contributed by atoms with van der Waals surface area (Å²) in [5, 5.41) is 0. The Bertz CT molecular complexity index is 818. The summed E-state index contributed by atoms with van der Waals surface area (Å²) in [7, 11) is 0. The van der Waals surface area contributed by atoms with Gasteiger partial charge in [-0.15, -0.1) is 0 Å². The van der Waals surface area contributed by atoms with E-state index in [-0.39, 0.29) is 30.4 Å². The van der Waals surface area contributed by atoms with Crippen molar-refractivity contribution in [1.82, 2.24) is 0 Å². The van der Waals surface area contributed by atoms with Gasteiger partial charge in [0.2, 0.25) is 0 Å². The molecular weight excluding hydrogens is 364 g/mol. The lowest BCUT2D eigenvalue weighted by Gasteiger charge is -2.32. The van der Waals surface area contributed by atoms with Crippen molar-refractivity contribution in [2.24, 2.45) is 5.92 Å². The average Bonchev–Trinajstić information content (AvgIpc) is 2.71. The third-order valence-corrected chi connectivity index (χ3v) is 5.26. The summed E-state index contributed by atoms with van der Waals surface area (Å²) in [4.78, 5) is 25.0. The first kappa shape index (κ1) is 21.1. The fraction of sp³-hybridized carbons (Fsp3) is 0.440. The van der Waals surface area contributed by atoms with Gasteiger partial charge in [0.05, 0.1) is 11.5 Å². The van der Waals surface area contributed by atoms with Gasteiger partial charge in [0, 0.05) is 0 Å². The van der Waals surface area contributed by atoms with Crippen molar-refractivity contribution in [1.29, 1.82) is 0 Å². The fourth-order valence-electron chi connectivity index (χ4n) is 3.86. The first-order valence-corrected chi connectivity index (χ1v) is 10.4. The Morgan fingerprint density at radius 3 is 2.24 bits per heavy atom. The van der Waals surface area contributed by atoms with Gasteiger partial charge >= 0.3 is 11.9 Å². The molecule has 0 aromatic heterocycles. The minimum atomic E-state index is -0.481. The smallest absolute Gasteiger partial charge is 0.338 e. The SMILES string of the molecule is CC(C)(C)OC(=O)[C@H]1CCCC[C@H]1c1ccc(C(=O)OCc2ccccc2)cc1. The lowest BCUT2D eigenvalue weighted by atomic mass is 9.75.